The molecule has 0 bridgehead atoms. The molecule has 9 heteroatoms. The van der Waals surface area contributed by atoms with Gasteiger partial charge in [0.25, 0.3) is 10.0 Å². The van der Waals surface area contributed by atoms with Crippen molar-refractivity contribution < 1.29 is 26.7 Å². The van der Waals surface area contributed by atoms with Crippen LogP contribution in [0.15, 0.2) is 47.4 Å². The van der Waals surface area contributed by atoms with E-state index in [0.717, 1.165) is 18.2 Å². The maximum absolute atomic E-state index is 12.4. The second-order valence-electron chi connectivity index (χ2n) is 4.54. The zero-order valence-electron chi connectivity index (χ0n) is 12.5. The van der Waals surface area contributed by atoms with E-state index < -0.39 is 16.6 Å². The Balaban J connectivity index is 2.24. The van der Waals surface area contributed by atoms with Gasteiger partial charge in [0, 0.05) is 6.07 Å². The quantitative estimate of drug-likeness (QED) is 0.787. The van der Waals surface area contributed by atoms with Gasteiger partial charge in [-0.1, -0.05) is 17.7 Å². The largest absolute Gasteiger partial charge is 0.494 e. The average Bonchev–Trinajstić information content (AvgIpc) is 2.49. The van der Waals surface area contributed by atoms with Crippen LogP contribution >= 0.6 is 11.6 Å². The molecular formula is C15H14ClF2NO4S. The van der Waals surface area contributed by atoms with Crippen molar-refractivity contribution in [1.29, 1.82) is 0 Å². The minimum atomic E-state index is -3.95. The SMILES string of the molecule is CCOc1cccc(NS(=O)(=O)c2ccc(OC(F)F)c(Cl)c2)c1. The van der Waals surface area contributed by atoms with Gasteiger partial charge in [-0.3, -0.25) is 4.72 Å². The summed E-state index contributed by atoms with van der Waals surface area (Å²) in [7, 11) is -3.95. The Morgan fingerprint density at radius 1 is 1.21 bits per heavy atom. The molecule has 0 saturated carbocycles. The van der Waals surface area contributed by atoms with E-state index >= 15 is 0 Å². The van der Waals surface area contributed by atoms with E-state index in [2.05, 4.69) is 9.46 Å². The van der Waals surface area contributed by atoms with E-state index in [4.69, 9.17) is 16.3 Å². The van der Waals surface area contributed by atoms with Crippen LogP contribution < -0.4 is 14.2 Å². The van der Waals surface area contributed by atoms with E-state index in [0.29, 0.717) is 18.0 Å². The fourth-order valence-electron chi connectivity index (χ4n) is 1.87. The zero-order chi connectivity index (χ0) is 17.7. The summed E-state index contributed by atoms with van der Waals surface area (Å²) in [5.41, 5.74) is 0.296. The number of nitrogens with one attached hydrogen (secondary N) is 1. The van der Waals surface area contributed by atoms with Gasteiger partial charge in [-0.15, -0.1) is 0 Å². The first kappa shape index (κ1) is 18.3. The Labute approximate surface area is 143 Å². The third kappa shape index (κ3) is 4.72. The number of anilines is 1. The molecule has 0 heterocycles. The van der Waals surface area contributed by atoms with Crippen molar-refractivity contribution in [3.8, 4) is 11.5 Å². The van der Waals surface area contributed by atoms with Gasteiger partial charge in [-0.2, -0.15) is 8.78 Å². The molecule has 0 aromatic heterocycles. The van der Waals surface area contributed by atoms with Crippen molar-refractivity contribution in [1.82, 2.24) is 0 Å². The maximum atomic E-state index is 12.4. The predicted octanol–water partition coefficient (Wildman–Crippen LogP) is 4.14. The van der Waals surface area contributed by atoms with Crippen LogP contribution in [0.5, 0.6) is 11.5 Å². The highest BCUT2D eigenvalue weighted by atomic mass is 35.5. The van der Waals surface area contributed by atoms with E-state index in [1.807, 2.05) is 6.92 Å². The lowest BCUT2D eigenvalue weighted by atomic mass is 10.3. The second kappa shape index (κ2) is 7.67. The first-order valence-corrected chi connectivity index (χ1v) is 8.68. The number of sulfonamides is 1. The number of hydrogen-bond acceptors (Lipinski definition) is 4. The van der Waals surface area contributed by atoms with Crippen LogP contribution in [0.4, 0.5) is 14.5 Å². The summed E-state index contributed by atoms with van der Waals surface area (Å²) in [5.74, 6) is 0.209. The number of halogens is 3. The molecule has 0 amide bonds. The molecule has 2 rings (SSSR count). The molecule has 24 heavy (non-hydrogen) atoms. The lowest BCUT2D eigenvalue weighted by molar-refractivity contribution is -0.0498. The van der Waals surface area contributed by atoms with Crippen molar-refractivity contribution in [2.75, 3.05) is 11.3 Å². The van der Waals surface area contributed by atoms with Crippen LogP contribution in [0.25, 0.3) is 0 Å². The minimum Gasteiger partial charge on any atom is -0.494 e. The molecule has 2 aromatic rings. The van der Waals surface area contributed by atoms with Gasteiger partial charge in [-0.05, 0) is 37.3 Å². The van der Waals surface area contributed by atoms with Crippen molar-refractivity contribution in [2.45, 2.75) is 18.4 Å². The third-order valence-corrected chi connectivity index (χ3v) is 4.50. The first-order chi connectivity index (χ1) is 11.3. The first-order valence-electron chi connectivity index (χ1n) is 6.82. The monoisotopic (exact) mass is 377 g/mol. The molecule has 0 saturated heterocycles. The second-order valence-corrected chi connectivity index (χ2v) is 6.63. The molecule has 2 aromatic carbocycles. The van der Waals surface area contributed by atoms with Crippen LogP contribution in [0.3, 0.4) is 0 Å². The summed E-state index contributed by atoms with van der Waals surface area (Å²) in [4.78, 5) is -0.184. The lowest BCUT2D eigenvalue weighted by Gasteiger charge is -2.11. The van der Waals surface area contributed by atoms with Gasteiger partial charge < -0.3 is 9.47 Å². The summed E-state index contributed by atoms with van der Waals surface area (Å²) < 4.78 is 61.0. The Hall–Kier alpha value is -2.06. The Morgan fingerprint density at radius 3 is 2.58 bits per heavy atom. The van der Waals surface area contributed by atoms with Crippen LogP contribution in [0.2, 0.25) is 5.02 Å². The molecular weight excluding hydrogens is 364 g/mol. The normalized spacial score (nSPS) is 11.4. The van der Waals surface area contributed by atoms with Crippen LogP contribution in [0.1, 0.15) is 6.92 Å². The highest BCUT2D eigenvalue weighted by Gasteiger charge is 2.18. The van der Waals surface area contributed by atoms with Gasteiger partial charge in [0.15, 0.2) is 0 Å². The lowest BCUT2D eigenvalue weighted by Crippen LogP contribution is -2.13. The molecule has 0 spiro atoms. The van der Waals surface area contributed by atoms with Crippen LogP contribution in [-0.2, 0) is 10.0 Å². The molecule has 130 valence electrons. The predicted molar refractivity (Wildman–Crippen MR) is 86.5 cm³/mol. The summed E-state index contributed by atoms with van der Waals surface area (Å²) in [5, 5.41) is -0.235. The molecule has 1 N–H and O–H groups in total. The molecule has 5 nitrogen and oxygen atoms in total. The molecule has 0 aliphatic heterocycles. The van der Waals surface area contributed by atoms with Crippen molar-refractivity contribution >= 4 is 27.3 Å². The van der Waals surface area contributed by atoms with Gasteiger partial charge in [0.05, 0.1) is 22.2 Å². The molecule has 0 unspecified atom stereocenters. The zero-order valence-corrected chi connectivity index (χ0v) is 14.1. The number of rotatable bonds is 7. The fourth-order valence-corrected chi connectivity index (χ4v) is 3.24. The summed E-state index contributed by atoms with van der Waals surface area (Å²) >= 11 is 5.78. The van der Waals surface area contributed by atoms with Gasteiger partial charge in [0.1, 0.15) is 11.5 Å². The van der Waals surface area contributed by atoms with Crippen molar-refractivity contribution in [3.63, 3.8) is 0 Å². The van der Waals surface area contributed by atoms with Crippen LogP contribution in [0, 0.1) is 0 Å². The maximum Gasteiger partial charge on any atom is 0.387 e. The highest BCUT2D eigenvalue weighted by Crippen LogP contribution is 2.29. The fraction of sp³-hybridized carbons (Fsp3) is 0.200. The number of ether oxygens (including phenoxy) is 2. The Kier molecular flexibility index (Phi) is 5.84. The van der Waals surface area contributed by atoms with Gasteiger partial charge >= 0.3 is 6.61 Å². The molecule has 0 aliphatic rings. The number of hydrogen-bond donors (Lipinski definition) is 1. The Bertz CT molecular complexity index is 815. The average molecular weight is 378 g/mol. The summed E-state index contributed by atoms with van der Waals surface area (Å²) in [6, 6.07) is 9.63. The third-order valence-electron chi connectivity index (χ3n) is 2.83. The minimum absolute atomic E-state index is 0.184. The Morgan fingerprint density at radius 2 is 1.96 bits per heavy atom. The van der Waals surface area contributed by atoms with E-state index in [9.17, 15) is 17.2 Å². The van der Waals surface area contributed by atoms with Gasteiger partial charge in [-0.25, -0.2) is 8.42 Å². The molecule has 0 aliphatic carbocycles. The van der Waals surface area contributed by atoms with Crippen molar-refractivity contribution in [3.05, 3.63) is 47.5 Å². The van der Waals surface area contributed by atoms with E-state index in [1.54, 1.807) is 18.2 Å². The standard InChI is InChI=1S/C15H14ClF2NO4S/c1-2-22-11-5-3-4-10(8-11)19-24(20,21)12-6-7-14(13(16)9-12)23-15(17)18/h3-9,15,19H,2H2,1H3. The summed E-state index contributed by atoms with van der Waals surface area (Å²) in [6.07, 6.45) is 0. The molecule has 0 fully saturated rings. The summed E-state index contributed by atoms with van der Waals surface area (Å²) in [6.45, 7) is -0.802. The number of alkyl halides is 2. The van der Waals surface area contributed by atoms with Gasteiger partial charge in [0.2, 0.25) is 0 Å². The topological polar surface area (TPSA) is 64.6 Å². The number of benzene rings is 2. The van der Waals surface area contributed by atoms with Crippen molar-refractivity contribution in [2.24, 2.45) is 0 Å². The highest BCUT2D eigenvalue weighted by molar-refractivity contribution is 7.92. The van der Waals surface area contributed by atoms with Crippen LogP contribution in [-0.4, -0.2) is 21.6 Å². The molecule has 0 atom stereocenters. The smallest absolute Gasteiger partial charge is 0.387 e. The van der Waals surface area contributed by atoms with E-state index in [-0.39, 0.29) is 15.7 Å². The molecule has 0 radical (unpaired) electrons. The van der Waals surface area contributed by atoms with E-state index in [1.165, 1.54) is 6.07 Å².